The molecular formula is C20H31NaO3. The molecule has 0 unspecified atom stereocenters. The molecule has 24 heavy (non-hydrogen) atoms. The van der Waals surface area contributed by atoms with Crippen LogP contribution in [0.3, 0.4) is 0 Å². The van der Waals surface area contributed by atoms with Gasteiger partial charge in [-0.25, -0.2) is 4.79 Å². The molecule has 0 bridgehead atoms. The summed E-state index contributed by atoms with van der Waals surface area (Å²) in [6.45, 7) is 2.24. The third kappa shape index (κ3) is 10.4. The van der Waals surface area contributed by atoms with E-state index in [4.69, 9.17) is 5.11 Å². The molecule has 0 spiro atoms. The number of unbranched alkanes of at least 4 members (excludes halogenated alkanes) is 10. The summed E-state index contributed by atoms with van der Waals surface area (Å²) >= 11 is 0. The molecule has 0 aliphatic carbocycles. The van der Waals surface area contributed by atoms with Gasteiger partial charge >= 0.3 is 35.5 Å². The zero-order valence-corrected chi connectivity index (χ0v) is 17.5. The summed E-state index contributed by atoms with van der Waals surface area (Å²) in [4.78, 5) is 11.1. The maximum absolute atomic E-state index is 11.4. The molecular weight excluding hydrogens is 311 g/mol. The van der Waals surface area contributed by atoms with Crippen LogP contribution in [-0.2, 0) is 6.42 Å². The second kappa shape index (κ2) is 14.8. The Morgan fingerprint density at radius 1 is 0.917 bits per heavy atom. The number of hydrogen-bond donors (Lipinski definition) is 1. The number of carboxylic acids is 1. The van der Waals surface area contributed by atoms with Gasteiger partial charge in [-0.15, -0.1) is 5.75 Å². The number of benzene rings is 1. The van der Waals surface area contributed by atoms with Crippen LogP contribution in [0, 0.1) is 0 Å². The van der Waals surface area contributed by atoms with Gasteiger partial charge in [-0.05, 0) is 24.5 Å². The largest absolute Gasteiger partial charge is 1.00 e. The fraction of sp³-hybridized carbons (Fsp3) is 0.650. The first-order chi connectivity index (χ1) is 11.1. The summed E-state index contributed by atoms with van der Waals surface area (Å²) in [5.74, 6) is -1.05. The first kappa shape index (κ1) is 23.5. The topological polar surface area (TPSA) is 60.4 Å². The Kier molecular flexibility index (Phi) is 14.5. The molecule has 0 aromatic heterocycles. The predicted octanol–water partition coefficient (Wildman–Crippen LogP) is 2.32. The Bertz CT molecular complexity index is 460. The average molecular weight is 342 g/mol. The molecule has 0 heterocycles. The standard InChI is InChI=1S/C20H32O3.Na/c1-2-3-4-5-6-7-8-9-10-11-12-13-17-16-18(21)14-15-19(17)20(22)23;/h14-16,21H,2-13H2,1H3,(H,22,23);/q;+1/p-1. The smallest absolute Gasteiger partial charge is 0.872 e. The Hall–Kier alpha value is -0.510. The molecule has 0 atom stereocenters. The molecule has 0 amide bonds. The summed E-state index contributed by atoms with van der Waals surface area (Å²) in [5, 5.41) is 20.5. The van der Waals surface area contributed by atoms with Crippen molar-refractivity contribution in [2.24, 2.45) is 0 Å². The number of carbonyl (C=O) groups is 1. The molecule has 3 nitrogen and oxygen atoms in total. The quantitative estimate of drug-likeness (QED) is 0.442. The Morgan fingerprint density at radius 2 is 1.42 bits per heavy atom. The Labute approximate surface area is 169 Å². The maximum Gasteiger partial charge on any atom is 1.00 e. The Morgan fingerprint density at radius 3 is 1.92 bits per heavy atom. The van der Waals surface area contributed by atoms with E-state index < -0.39 is 5.97 Å². The second-order valence-corrected chi connectivity index (χ2v) is 6.41. The molecule has 0 saturated heterocycles. The number of aromatic carboxylic acids is 1. The molecule has 0 radical (unpaired) electrons. The van der Waals surface area contributed by atoms with E-state index in [-0.39, 0.29) is 40.9 Å². The van der Waals surface area contributed by atoms with Crippen LogP contribution < -0.4 is 34.7 Å². The molecule has 1 aromatic carbocycles. The van der Waals surface area contributed by atoms with Crippen LogP contribution in [0.4, 0.5) is 0 Å². The summed E-state index contributed by atoms with van der Waals surface area (Å²) in [5.41, 5.74) is 0.956. The van der Waals surface area contributed by atoms with Gasteiger partial charge in [-0.3, -0.25) is 0 Å². The monoisotopic (exact) mass is 342 g/mol. The van der Waals surface area contributed by atoms with E-state index in [1.807, 2.05) is 0 Å². The van der Waals surface area contributed by atoms with Gasteiger partial charge in [0, 0.05) is 0 Å². The minimum Gasteiger partial charge on any atom is -0.872 e. The van der Waals surface area contributed by atoms with E-state index in [1.54, 1.807) is 0 Å². The van der Waals surface area contributed by atoms with Crippen LogP contribution in [0.2, 0.25) is 0 Å². The minimum absolute atomic E-state index is 0. The molecule has 0 saturated carbocycles. The van der Waals surface area contributed by atoms with E-state index in [0.29, 0.717) is 12.0 Å². The van der Waals surface area contributed by atoms with Crippen LogP contribution in [0.5, 0.6) is 5.75 Å². The van der Waals surface area contributed by atoms with Gasteiger partial charge in [0.25, 0.3) is 0 Å². The van der Waals surface area contributed by atoms with Gasteiger partial charge in [0.15, 0.2) is 0 Å². The van der Waals surface area contributed by atoms with E-state index in [1.165, 1.54) is 76.0 Å². The maximum atomic E-state index is 11.4. The van der Waals surface area contributed by atoms with Crippen LogP contribution in [-0.4, -0.2) is 11.1 Å². The van der Waals surface area contributed by atoms with Crippen molar-refractivity contribution in [3.05, 3.63) is 29.3 Å². The van der Waals surface area contributed by atoms with Crippen molar-refractivity contribution in [1.29, 1.82) is 0 Å². The summed E-state index contributed by atoms with van der Waals surface area (Å²) < 4.78 is 0. The van der Waals surface area contributed by atoms with Crippen LogP contribution >= 0.6 is 0 Å². The Balaban J connectivity index is 0.00000529. The molecule has 0 fully saturated rings. The minimum atomic E-state index is -0.942. The van der Waals surface area contributed by atoms with E-state index >= 15 is 0 Å². The molecule has 1 N–H and O–H groups in total. The number of hydrogen-bond acceptors (Lipinski definition) is 2. The van der Waals surface area contributed by atoms with Crippen molar-refractivity contribution in [3.63, 3.8) is 0 Å². The number of carboxylic acid groups (broad SMARTS) is 1. The van der Waals surface area contributed by atoms with Gasteiger partial charge in [0.2, 0.25) is 0 Å². The van der Waals surface area contributed by atoms with Crippen molar-refractivity contribution < 1.29 is 44.6 Å². The summed E-state index contributed by atoms with van der Waals surface area (Å²) in [6, 6.07) is 4.23. The first-order valence-electron chi connectivity index (χ1n) is 9.18. The van der Waals surface area contributed by atoms with Gasteiger partial charge < -0.3 is 10.2 Å². The molecule has 130 valence electrons. The molecule has 1 aromatic rings. The van der Waals surface area contributed by atoms with Crippen LogP contribution in [0.15, 0.2) is 18.2 Å². The fourth-order valence-electron chi connectivity index (χ4n) is 2.97. The van der Waals surface area contributed by atoms with Gasteiger partial charge in [-0.2, -0.15) is 0 Å². The summed E-state index contributed by atoms with van der Waals surface area (Å²) in [7, 11) is 0. The molecule has 1 rings (SSSR count). The van der Waals surface area contributed by atoms with E-state index in [2.05, 4.69) is 6.92 Å². The third-order valence-electron chi connectivity index (χ3n) is 4.36. The second-order valence-electron chi connectivity index (χ2n) is 6.41. The van der Waals surface area contributed by atoms with Crippen molar-refractivity contribution in [2.45, 2.75) is 84.0 Å². The normalized spacial score (nSPS) is 10.4. The molecule has 0 aliphatic rings. The SMILES string of the molecule is CCCCCCCCCCCCCc1cc([O-])ccc1C(=O)O.[Na+]. The zero-order valence-electron chi connectivity index (χ0n) is 15.5. The van der Waals surface area contributed by atoms with Crippen LogP contribution in [0.1, 0.15) is 93.5 Å². The van der Waals surface area contributed by atoms with Crippen molar-refractivity contribution in [1.82, 2.24) is 0 Å². The van der Waals surface area contributed by atoms with Gasteiger partial charge in [0.05, 0.1) is 5.56 Å². The molecule has 0 aliphatic heterocycles. The number of rotatable bonds is 13. The number of aryl methyl sites for hydroxylation is 1. The van der Waals surface area contributed by atoms with Crippen molar-refractivity contribution in [3.8, 4) is 5.75 Å². The average Bonchev–Trinajstić information content (AvgIpc) is 2.52. The van der Waals surface area contributed by atoms with Gasteiger partial charge in [0.1, 0.15) is 0 Å². The molecule has 4 heteroatoms. The summed E-state index contributed by atoms with van der Waals surface area (Å²) in [6.07, 6.45) is 14.6. The van der Waals surface area contributed by atoms with Gasteiger partial charge in [-0.1, -0.05) is 83.3 Å². The predicted molar refractivity (Wildman–Crippen MR) is 93.0 cm³/mol. The first-order valence-corrected chi connectivity index (χ1v) is 9.18. The third-order valence-corrected chi connectivity index (χ3v) is 4.36. The van der Waals surface area contributed by atoms with E-state index in [0.717, 1.165) is 12.8 Å². The van der Waals surface area contributed by atoms with Crippen molar-refractivity contribution >= 4 is 5.97 Å². The fourth-order valence-corrected chi connectivity index (χ4v) is 2.97. The van der Waals surface area contributed by atoms with E-state index in [9.17, 15) is 9.90 Å². The zero-order chi connectivity index (χ0) is 16.9. The van der Waals surface area contributed by atoms with Crippen LogP contribution in [0.25, 0.3) is 0 Å². The van der Waals surface area contributed by atoms with Crippen molar-refractivity contribution in [2.75, 3.05) is 0 Å².